The van der Waals surface area contributed by atoms with E-state index in [1.165, 1.54) is 6.07 Å². The molecule has 0 atom stereocenters. The third-order valence-corrected chi connectivity index (χ3v) is 5.87. The van der Waals surface area contributed by atoms with Crippen LogP contribution >= 0.6 is 0 Å². The smallest absolute Gasteiger partial charge is 0.255 e. The minimum absolute atomic E-state index is 0.233. The van der Waals surface area contributed by atoms with Gasteiger partial charge in [0.15, 0.2) is 11.6 Å². The number of nitrogens with one attached hydrogen (secondary N) is 2. The summed E-state index contributed by atoms with van der Waals surface area (Å²) in [5, 5.41) is 4.22. The standard InChI is InChI=1S/C23H19F2N3O/c24-18-11-17-16-7-6-15(10-20(16)28-21(17)12-19(18)25)27-22(29)13-2-4-14(5-3-13)23(26)8-1-9-23/h2-7,10-12,28H,1,8-9,26H2,(H,27,29). The van der Waals surface area contributed by atoms with E-state index in [9.17, 15) is 13.6 Å². The summed E-state index contributed by atoms with van der Waals surface area (Å²) in [4.78, 5) is 15.7. The summed E-state index contributed by atoms with van der Waals surface area (Å²) in [5.74, 6) is -2.02. The highest BCUT2D eigenvalue weighted by Gasteiger charge is 2.34. The number of aromatic nitrogens is 1. The van der Waals surface area contributed by atoms with Crippen molar-refractivity contribution in [2.45, 2.75) is 24.8 Å². The zero-order valence-electron chi connectivity index (χ0n) is 15.6. The van der Waals surface area contributed by atoms with Gasteiger partial charge in [-0.1, -0.05) is 18.2 Å². The number of rotatable bonds is 3. The SMILES string of the molecule is NC1(c2ccc(C(=O)Nc3ccc4c(c3)[nH]c3cc(F)c(F)cc34)cc2)CCC1. The van der Waals surface area contributed by atoms with Crippen LogP contribution in [-0.4, -0.2) is 10.9 Å². The van der Waals surface area contributed by atoms with Gasteiger partial charge >= 0.3 is 0 Å². The lowest BCUT2D eigenvalue weighted by molar-refractivity contribution is 0.102. The van der Waals surface area contributed by atoms with E-state index in [0.29, 0.717) is 27.7 Å². The van der Waals surface area contributed by atoms with Crippen molar-refractivity contribution in [1.82, 2.24) is 4.98 Å². The van der Waals surface area contributed by atoms with Gasteiger partial charge in [0.1, 0.15) is 0 Å². The van der Waals surface area contributed by atoms with Crippen LogP contribution in [0.4, 0.5) is 14.5 Å². The lowest BCUT2D eigenvalue weighted by Crippen LogP contribution is -2.43. The fourth-order valence-electron chi connectivity index (χ4n) is 3.98. The fourth-order valence-corrected chi connectivity index (χ4v) is 3.98. The molecule has 0 unspecified atom stereocenters. The van der Waals surface area contributed by atoms with Crippen molar-refractivity contribution in [3.8, 4) is 0 Å². The van der Waals surface area contributed by atoms with E-state index in [2.05, 4.69) is 10.3 Å². The van der Waals surface area contributed by atoms with Crippen LogP contribution < -0.4 is 11.1 Å². The molecule has 1 aliphatic rings. The van der Waals surface area contributed by atoms with Gasteiger partial charge in [-0.3, -0.25) is 4.79 Å². The lowest BCUT2D eigenvalue weighted by atomic mass is 9.73. The van der Waals surface area contributed by atoms with Crippen LogP contribution in [0.3, 0.4) is 0 Å². The molecule has 0 bridgehead atoms. The van der Waals surface area contributed by atoms with E-state index >= 15 is 0 Å². The van der Waals surface area contributed by atoms with E-state index < -0.39 is 11.6 Å². The molecule has 146 valence electrons. The molecule has 1 heterocycles. The number of benzene rings is 3. The fraction of sp³-hybridized carbons (Fsp3) is 0.174. The second-order valence-corrected chi connectivity index (χ2v) is 7.74. The molecule has 0 saturated heterocycles. The summed E-state index contributed by atoms with van der Waals surface area (Å²) in [6.45, 7) is 0. The number of nitrogens with two attached hydrogens (primary N) is 1. The van der Waals surface area contributed by atoms with Gasteiger partial charge in [0.25, 0.3) is 5.91 Å². The van der Waals surface area contributed by atoms with Gasteiger partial charge < -0.3 is 16.0 Å². The molecule has 4 nitrogen and oxygen atoms in total. The van der Waals surface area contributed by atoms with Crippen LogP contribution in [0.5, 0.6) is 0 Å². The molecule has 1 saturated carbocycles. The Morgan fingerprint density at radius 3 is 2.31 bits per heavy atom. The first-order valence-corrected chi connectivity index (χ1v) is 9.54. The minimum atomic E-state index is -0.901. The average Bonchev–Trinajstić information content (AvgIpc) is 3.03. The second kappa shape index (κ2) is 6.39. The third kappa shape index (κ3) is 2.96. The molecule has 1 amide bonds. The lowest BCUT2D eigenvalue weighted by Gasteiger charge is -2.38. The summed E-state index contributed by atoms with van der Waals surface area (Å²) in [5.41, 5.74) is 9.45. The van der Waals surface area contributed by atoms with E-state index in [1.54, 1.807) is 30.3 Å². The third-order valence-electron chi connectivity index (χ3n) is 5.87. The number of halogens is 2. The predicted molar refractivity (Wildman–Crippen MR) is 110 cm³/mol. The number of amides is 1. The number of H-pyrrole nitrogens is 1. The number of hydrogen-bond acceptors (Lipinski definition) is 2. The molecule has 0 radical (unpaired) electrons. The van der Waals surface area contributed by atoms with Crippen LogP contribution in [0.25, 0.3) is 21.8 Å². The van der Waals surface area contributed by atoms with Crippen molar-refractivity contribution in [3.63, 3.8) is 0 Å². The van der Waals surface area contributed by atoms with Crippen LogP contribution in [0, 0.1) is 11.6 Å². The zero-order valence-corrected chi connectivity index (χ0v) is 15.6. The molecule has 4 N–H and O–H groups in total. The van der Waals surface area contributed by atoms with Gasteiger partial charge in [-0.2, -0.15) is 0 Å². The van der Waals surface area contributed by atoms with Crippen molar-refractivity contribution in [1.29, 1.82) is 0 Å². The number of fused-ring (bicyclic) bond motifs is 3. The normalized spacial score (nSPS) is 15.4. The largest absolute Gasteiger partial charge is 0.354 e. The van der Waals surface area contributed by atoms with Crippen LogP contribution in [0.15, 0.2) is 54.6 Å². The molecule has 1 fully saturated rings. The maximum Gasteiger partial charge on any atom is 0.255 e. The van der Waals surface area contributed by atoms with E-state index in [4.69, 9.17) is 5.73 Å². The molecule has 1 aliphatic carbocycles. The Balaban J connectivity index is 1.40. The summed E-state index contributed by atoms with van der Waals surface area (Å²) < 4.78 is 27.1. The Morgan fingerprint density at radius 2 is 1.62 bits per heavy atom. The molecular formula is C23H19F2N3O. The predicted octanol–water partition coefficient (Wildman–Crippen LogP) is 5.19. The van der Waals surface area contributed by atoms with Crippen molar-refractivity contribution < 1.29 is 13.6 Å². The first-order valence-electron chi connectivity index (χ1n) is 9.54. The van der Waals surface area contributed by atoms with Crippen LogP contribution in [-0.2, 0) is 5.54 Å². The highest BCUT2D eigenvalue weighted by atomic mass is 19.2. The van der Waals surface area contributed by atoms with E-state index in [0.717, 1.165) is 36.3 Å². The van der Waals surface area contributed by atoms with Crippen molar-refractivity contribution in [2.75, 3.05) is 5.32 Å². The average molecular weight is 391 g/mol. The van der Waals surface area contributed by atoms with Gasteiger partial charge in [0.2, 0.25) is 0 Å². The topological polar surface area (TPSA) is 70.9 Å². The number of carbonyl (C=O) groups is 1. The van der Waals surface area contributed by atoms with Gasteiger partial charge in [0, 0.05) is 44.7 Å². The van der Waals surface area contributed by atoms with Crippen LogP contribution in [0.2, 0.25) is 0 Å². The molecule has 0 aliphatic heterocycles. The van der Waals surface area contributed by atoms with Crippen LogP contribution in [0.1, 0.15) is 35.2 Å². The molecule has 4 aromatic rings. The summed E-state index contributed by atoms with van der Waals surface area (Å²) in [6, 6.07) is 15.0. The Bertz CT molecular complexity index is 1260. The van der Waals surface area contributed by atoms with Gasteiger partial charge in [-0.25, -0.2) is 8.78 Å². The highest BCUT2D eigenvalue weighted by Crippen LogP contribution is 2.38. The molecule has 6 heteroatoms. The summed E-state index contributed by atoms with van der Waals surface area (Å²) in [7, 11) is 0. The van der Waals surface area contributed by atoms with Crippen molar-refractivity contribution in [2.24, 2.45) is 5.73 Å². The van der Waals surface area contributed by atoms with Gasteiger partial charge in [0.05, 0.1) is 0 Å². The van der Waals surface area contributed by atoms with E-state index in [1.807, 2.05) is 12.1 Å². The number of anilines is 1. The zero-order chi connectivity index (χ0) is 20.2. The monoisotopic (exact) mass is 391 g/mol. The van der Waals surface area contributed by atoms with Crippen molar-refractivity contribution in [3.05, 3.63) is 77.4 Å². The summed E-state index contributed by atoms with van der Waals surface area (Å²) >= 11 is 0. The van der Waals surface area contributed by atoms with E-state index in [-0.39, 0.29) is 11.4 Å². The molecule has 0 spiro atoms. The first-order chi connectivity index (χ1) is 13.9. The molecule has 1 aromatic heterocycles. The number of hydrogen-bond donors (Lipinski definition) is 3. The van der Waals surface area contributed by atoms with Crippen molar-refractivity contribution >= 4 is 33.4 Å². The van der Waals surface area contributed by atoms with Gasteiger partial charge in [-0.05, 0) is 55.2 Å². The molecule has 3 aromatic carbocycles. The molecular weight excluding hydrogens is 372 g/mol. The molecule has 29 heavy (non-hydrogen) atoms. The minimum Gasteiger partial charge on any atom is -0.354 e. The quantitative estimate of drug-likeness (QED) is 0.450. The first kappa shape index (κ1) is 17.8. The number of carbonyl (C=O) groups excluding carboxylic acids is 1. The number of aromatic amines is 1. The Hall–Kier alpha value is -3.25. The van der Waals surface area contributed by atoms with Gasteiger partial charge in [-0.15, -0.1) is 0 Å². The maximum absolute atomic E-state index is 13.6. The molecule has 5 rings (SSSR count). The Morgan fingerprint density at radius 1 is 0.931 bits per heavy atom. The highest BCUT2D eigenvalue weighted by molar-refractivity contribution is 6.10. The Labute approximate surface area is 165 Å². The maximum atomic E-state index is 13.6. The summed E-state index contributed by atoms with van der Waals surface area (Å²) in [6.07, 6.45) is 3.07. The second-order valence-electron chi connectivity index (χ2n) is 7.74. The Kier molecular flexibility index (Phi) is 3.93.